The zero-order chi connectivity index (χ0) is 17.5. The van der Waals surface area contributed by atoms with Crippen LogP contribution in [0.5, 0.6) is 0 Å². The summed E-state index contributed by atoms with van der Waals surface area (Å²) in [7, 11) is 0. The summed E-state index contributed by atoms with van der Waals surface area (Å²) in [6.45, 7) is 4.92. The van der Waals surface area contributed by atoms with Gasteiger partial charge >= 0.3 is 0 Å². The Morgan fingerprint density at radius 3 is 2.80 bits per heavy atom. The third kappa shape index (κ3) is 4.93. The molecule has 4 heteroatoms. The Hall–Kier alpha value is -1.65. The van der Waals surface area contributed by atoms with Crippen molar-refractivity contribution in [2.75, 3.05) is 39.3 Å². The standard InChI is InChI=1S/C21H30N2O2/c24-16-6-15-23-18-21(12-10-20(23)25)11-5-14-22(17-21)13-4-9-19-7-2-1-3-8-19/h1-4,7-9,24H,5-6,10-18H2/b9-4+/t21-/m1/s1. The number of benzene rings is 1. The lowest BCUT2D eigenvalue weighted by Gasteiger charge is -2.48. The van der Waals surface area contributed by atoms with Crippen LogP contribution in [-0.4, -0.2) is 60.1 Å². The van der Waals surface area contributed by atoms with Gasteiger partial charge in [-0.15, -0.1) is 0 Å². The molecular weight excluding hydrogens is 312 g/mol. The molecule has 2 saturated heterocycles. The Morgan fingerprint density at radius 2 is 2.00 bits per heavy atom. The van der Waals surface area contributed by atoms with E-state index in [0.29, 0.717) is 19.4 Å². The molecule has 1 spiro atoms. The van der Waals surface area contributed by atoms with Gasteiger partial charge in [0.2, 0.25) is 5.91 Å². The summed E-state index contributed by atoms with van der Waals surface area (Å²) in [6.07, 6.45) is 9.24. The summed E-state index contributed by atoms with van der Waals surface area (Å²) in [6, 6.07) is 10.4. The van der Waals surface area contributed by atoms with E-state index >= 15 is 0 Å². The van der Waals surface area contributed by atoms with E-state index in [1.54, 1.807) is 0 Å². The van der Waals surface area contributed by atoms with Crippen LogP contribution in [0.15, 0.2) is 36.4 Å². The minimum Gasteiger partial charge on any atom is -0.396 e. The molecule has 2 aliphatic heterocycles. The second kappa shape index (κ2) is 8.63. The van der Waals surface area contributed by atoms with E-state index in [9.17, 15) is 4.79 Å². The van der Waals surface area contributed by atoms with Gasteiger partial charge in [-0.05, 0) is 37.8 Å². The Labute approximate surface area is 151 Å². The lowest BCUT2D eigenvalue weighted by atomic mass is 9.73. The molecule has 0 saturated carbocycles. The molecule has 136 valence electrons. The van der Waals surface area contributed by atoms with Crippen molar-refractivity contribution in [2.45, 2.75) is 32.1 Å². The van der Waals surface area contributed by atoms with Gasteiger partial charge in [0.15, 0.2) is 0 Å². The molecular formula is C21H30N2O2. The summed E-state index contributed by atoms with van der Waals surface area (Å²) >= 11 is 0. The number of carbonyl (C=O) groups is 1. The predicted octanol–water partition coefficient (Wildman–Crippen LogP) is 2.79. The fraction of sp³-hybridized carbons (Fsp3) is 0.571. The minimum atomic E-state index is 0.160. The zero-order valence-corrected chi connectivity index (χ0v) is 15.1. The third-order valence-electron chi connectivity index (χ3n) is 5.55. The fourth-order valence-corrected chi connectivity index (χ4v) is 4.27. The van der Waals surface area contributed by atoms with E-state index in [2.05, 4.69) is 41.3 Å². The molecule has 3 rings (SSSR count). The number of carbonyl (C=O) groups excluding carboxylic acids is 1. The second-order valence-corrected chi connectivity index (χ2v) is 7.54. The maximum atomic E-state index is 12.2. The molecule has 0 unspecified atom stereocenters. The van der Waals surface area contributed by atoms with E-state index in [1.165, 1.54) is 18.4 Å². The molecule has 1 atom stereocenters. The topological polar surface area (TPSA) is 43.8 Å². The van der Waals surface area contributed by atoms with Crippen LogP contribution in [0.3, 0.4) is 0 Å². The number of likely N-dealkylation sites (tertiary alicyclic amines) is 2. The minimum absolute atomic E-state index is 0.160. The molecule has 25 heavy (non-hydrogen) atoms. The van der Waals surface area contributed by atoms with Gasteiger partial charge in [-0.25, -0.2) is 0 Å². The van der Waals surface area contributed by atoms with Crippen LogP contribution in [0.25, 0.3) is 6.08 Å². The van der Waals surface area contributed by atoms with E-state index in [0.717, 1.165) is 32.6 Å². The Kier molecular flexibility index (Phi) is 6.27. The first-order valence-corrected chi connectivity index (χ1v) is 9.53. The molecule has 1 amide bonds. The first-order valence-electron chi connectivity index (χ1n) is 9.53. The van der Waals surface area contributed by atoms with E-state index in [1.807, 2.05) is 11.0 Å². The van der Waals surface area contributed by atoms with Crippen LogP contribution in [0, 0.1) is 5.41 Å². The monoisotopic (exact) mass is 342 g/mol. The van der Waals surface area contributed by atoms with Gasteiger partial charge in [0.05, 0.1) is 0 Å². The lowest BCUT2D eigenvalue weighted by Crippen LogP contribution is -2.54. The fourth-order valence-electron chi connectivity index (χ4n) is 4.27. The molecule has 2 aliphatic rings. The number of amides is 1. The highest BCUT2D eigenvalue weighted by Crippen LogP contribution is 2.38. The van der Waals surface area contributed by atoms with Crippen molar-refractivity contribution in [3.05, 3.63) is 42.0 Å². The van der Waals surface area contributed by atoms with Crippen molar-refractivity contribution in [2.24, 2.45) is 5.41 Å². The second-order valence-electron chi connectivity index (χ2n) is 7.54. The highest BCUT2D eigenvalue weighted by Gasteiger charge is 2.41. The predicted molar refractivity (Wildman–Crippen MR) is 101 cm³/mol. The van der Waals surface area contributed by atoms with Gasteiger partial charge in [0.1, 0.15) is 0 Å². The number of nitrogens with zero attached hydrogens (tertiary/aromatic N) is 2. The summed E-state index contributed by atoms with van der Waals surface area (Å²) < 4.78 is 0. The SMILES string of the molecule is O=C1CC[C@@]2(CCCN(C/C=C/c3ccccc3)C2)CN1CCCO. The van der Waals surface area contributed by atoms with Crippen LogP contribution < -0.4 is 0 Å². The van der Waals surface area contributed by atoms with Crippen molar-refractivity contribution < 1.29 is 9.90 Å². The normalized spacial score (nSPS) is 25.2. The largest absolute Gasteiger partial charge is 0.396 e. The maximum absolute atomic E-state index is 12.2. The first kappa shape index (κ1) is 18.2. The molecule has 2 fully saturated rings. The highest BCUT2D eigenvalue weighted by atomic mass is 16.3. The highest BCUT2D eigenvalue weighted by molar-refractivity contribution is 5.77. The Morgan fingerprint density at radius 1 is 1.16 bits per heavy atom. The van der Waals surface area contributed by atoms with Crippen molar-refractivity contribution in [1.82, 2.24) is 9.80 Å². The molecule has 1 aromatic carbocycles. The molecule has 0 aliphatic carbocycles. The van der Waals surface area contributed by atoms with Crippen molar-refractivity contribution in [1.29, 1.82) is 0 Å². The summed E-state index contributed by atoms with van der Waals surface area (Å²) in [5, 5.41) is 9.06. The lowest BCUT2D eigenvalue weighted by molar-refractivity contribution is -0.139. The average Bonchev–Trinajstić information content (AvgIpc) is 2.64. The molecule has 0 aromatic heterocycles. The van der Waals surface area contributed by atoms with Gasteiger partial charge in [-0.3, -0.25) is 9.69 Å². The molecule has 0 bridgehead atoms. The molecule has 1 N–H and O–H groups in total. The van der Waals surface area contributed by atoms with Crippen LogP contribution in [-0.2, 0) is 4.79 Å². The van der Waals surface area contributed by atoms with E-state index in [-0.39, 0.29) is 17.9 Å². The summed E-state index contributed by atoms with van der Waals surface area (Å²) in [5.41, 5.74) is 1.50. The number of hydrogen-bond donors (Lipinski definition) is 1. The Bertz CT molecular complexity index is 587. The molecule has 1 aromatic rings. The quantitative estimate of drug-likeness (QED) is 0.864. The number of piperidine rings is 2. The average molecular weight is 342 g/mol. The van der Waals surface area contributed by atoms with E-state index < -0.39 is 0 Å². The number of aliphatic hydroxyl groups excluding tert-OH is 1. The number of hydrogen-bond acceptors (Lipinski definition) is 3. The van der Waals surface area contributed by atoms with Crippen molar-refractivity contribution in [3.8, 4) is 0 Å². The van der Waals surface area contributed by atoms with Gasteiger partial charge in [0, 0.05) is 44.6 Å². The first-order chi connectivity index (χ1) is 12.2. The molecule has 4 nitrogen and oxygen atoms in total. The van der Waals surface area contributed by atoms with Gasteiger partial charge in [-0.1, -0.05) is 42.5 Å². The van der Waals surface area contributed by atoms with Crippen LogP contribution in [0.4, 0.5) is 0 Å². The van der Waals surface area contributed by atoms with E-state index in [4.69, 9.17) is 5.11 Å². The van der Waals surface area contributed by atoms with Crippen LogP contribution in [0.1, 0.15) is 37.7 Å². The maximum Gasteiger partial charge on any atom is 0.222 e. The van der Waals surface area contributed by atoms with Crippen molar-refractivity contribution >= 4 is 12.0 Å². The van der Waals surface area contributed by atoms with Gasteiger partial charge in [0.25, 0.3) is 0 Å². The molecule has 0 radical (unpaired) electrons. The van der Waals surface area contributed by atoms with Gasteiger partial charge < -0.3 is 10.0 Å². The van der Waals surface area contributed by atoms with Crippen LogP contribution >= 0.6 is 0 Å². The van der Waals surface area contributed by atoms with Gasteiger partial charge in [-0.2, -0.15) is 0 Å². The Balaban J connectivity index is 1.56. The zero-order valence-electron chi connectivity index (χ0n) is 15.1. The number of aliphatic hydroxyl groups is 1. The smallest absolute Gasteiger partial charge is 0.222 e. The summed E-state index contributed by atoms with van der Waals surface area (Å²) in [5.74, 6) is 0.264. The molecule has 2 heterocycles. The van der Waals surface area contributed by atoms with Crippen LogP contribution in [0.2, 0.25) is 0 Å². The third-order valence-corrected chi connectivity index (χ3v) is 5.55. The van der Waals surface area contributed by atoms with Crippen molar-refractivity contribution in [3.63, 3.8) is 0 Å². The summed E-state index contributed by atoms with van der Waals surface area (Å²) in [4.78, 5) is 16.7. The number of rotatable bonds is 6.